The average Bonchev–Trinajstić information content (AvgIpc) is 3.21. The minimum absolute atomic E-state index is 0.125. The molecule has 1 heterocycles. The van der Waals surface area contributed by atoms with Crippen LogP contribution in [0, 0.1) is 15.9 Å². The minimum atomic E-state index is -0.528. The monoisotopic (exact) mass is 436 g/mol. The molecule has 1 aromatic heterocycles. The van der Waals surface area contributed by atoms with Gasteiger partial charge in [-0.15, -0.1) is 0 Å². The lowest BCUT2D eigenvalue weighted by molar-refractivity contribution is -0.384. The molecular formula is C22H14ClFN4O3. The van der Waals surface area contributed by atoms with Crippen molar-refractivity contribution in [3.8, 4) is 16.9 Å². The van der Waals surface area contributed by atoms with Crippen LogP contribution in [0.1, 0.15) is 10.5 Å². The van der Waals surface area contributed by atoms with Crippen LogP contribution >= 0.6 is 11.6 Å². The van der Waals surface area contributed by atoms with Crippen LogP contribution in [-0.2, 0) is 0 Å². The molecule has 0 aliphatic heterocycles. The summed E-state index contributed by atoms with van der Waals surface area (Å²) in [6.45, 7) is 0. The van der Waals surface area contributed by atoms with Crippen molar-refractivity contribution < 1.29 is 14.1 Å². The quantitative estimate of drug-likeness (QED) is 0.330. The van der Waals surface area contributed by atoms with Gasteiger partial charge < -0.3 is 5.32 Å². The van der Waals surface area contributed by atoms with Gasteiger partial charge in [-0.25, -0.2) is 9.07 Å². The van der Waals surface area contributed by atoms with E-state index < -0.39 is 16.6 Å². The molecule has 4 rings (SSSR count). The van der Waals surface area contributed by atoms with E-state index in [1.807, 2.05) is 0 Å². The fraction of sp³-hybridized carbons (Fsp3) is 0. The van der Waals surface area contributed by atoms with Crippen LogP contribution in [-0.4, -0.2) is 20.6 Å². The predicted molar refractivity (Wildman–Crippen MR) is 115 cm³/mol. The standard InChI is InChI=1S/C22H14ClFN4O3/c23-19-7-2-1-6-18(19)20-13-21(22(29)25-15-10-8-14(24)9-11-15)27(26-20)16-4-3-5-17(12-16)28(30)31/h1-13H,(H,25,29). The van der Waals surface area contributed by atoms with E-state index in [1.54, 1.807) is 36.4 Å². The van der Waals surface area contributed by atoms with Crippen LogP contribution in [0.4, 0.5) is 15.8 Å². The topological polar surface area (TPSA) is 90.1 Å². The van der Waals surface area contributed by atoms with Gasteiger partial charge in [0.25, 0.3) is 11.6 Å². The fourth-order valence-corrected chi connectivity index (χ4v) is 3.24. The number of benzene rings is 3. The maximum Gasteiger partial charge on any atom is 0.274 e. The molecule has 0 aliphatic carbocycles. The van der Waals surface area contributed by atoms with E-state index in [2.05, 4.69) is 10.4 Å². The molecule has 0 spiro atoms. The molecule has 31 heavy (non-hydrogen) atoms. The van der Waals surface area contributed by atoms with Crippen LogP contribution in [0.2, 0.25) is 5.02 Å². The summed E-state index contributed by atoms with van der Waals surface area (Å²) in [5.41, 5.74) is 1.72. The number of nitrogens with one attached hydrogen (secondary N) is 1. The second-order valence-corrected chi connectivity index (χ2v) is 6.95. The number of nitrogens with zero attached hydrogens (tertiary/aromatic N) is 3. The van der Waals surface area contributed by atoms with Crippen molar-refractivity contribution in [2.45, 2.75) is 0 Å². The Labute approximate surface area is 180 Å². The zero-order chi connectivity index (χ0) is 22.0. The molecule has 7 nitrogen and oxygen atoms in total. The summed E-state index contributed by atoms with van der Waals surface area (Å²) >= 11 is 6.28. The summed E-state index contributed by atoms with van der Waals surface area (Å²) < 4.78 is 14.5. The van der Waals surface area contributed by atoms with Crippen molar-refractivity contribution in [3.05, 3.63) is 106 Å². The number of amides is 1. The van der Waals surface area contributed by atoms with Crippen molar-refractivity contribution in [2.24, 2.45) is 0 Å². The minimum Gasteiger partial charge on any atom is -0.321 e. The first-order valence-electron chi connectivity index (χ1n) is 9.09. The maximum absolute atomic E-state index is 13.2. The molecule has 0 fully saturated rings. The second-order valence-electron chi connectivity index (χ2n) is 6.54. The molecule has 1 amide bonds. The summed E-state index contributed by atoms with van der Waals surface area (Å²) in [7, 11) is 0. The smallest absolute Gasteiger partial charge is 0.274 e. The number of nitro benzene ring substituents is 1. The first-order chi connectivity index (χ1) is 14.9. The third-order valence-electron chi connectivity index (χ3n) is 4.48. The molecule has 4 aromatic rings. The molecule has 154 valence electrons. The number of aromatic nitrogens is 2. The molecule has 9 heteroatoms. The first-order valence-corrected chi connectivity index (χ1v) is 9.47. The molecule has 0 bridgehead atoms. The lowest BCUT2D eigenvalue weighted by Gasteiger charge is -2.08. The SMILES string of the molecule is O=C(Nc1ccc(F)cc1)c1cc(-c2ccccc2Cl)nn1-c1cccc([N+](=O)[O-])c1. The third-order valence-corrected chi connectivity index (χ3v) is 4.81. The van der Waals surface area contributed by atoms with Gasteiger partial charge in [0.2, 0.25) is 0 Å². The summed E-state index contributed by atoms with van der Waals surface area (Å²) in [4.78, 5) is 23.7. The number of carbonyl (C=O) groups excluding carboxylic acids is 1. The van der Waals surface area contributed by atoms with Gasteiger partial charge in [0.1, 0.15) is 11.5 Å². The number of rotatable bonds is 5. The fourth-order valence-electron chi connectivity index (χ4n) is 3.01. The Hall–Kier alpha value is -4.04. The van der Waals surface area contributed by atoms with Crippen LogP contribution in [0.5, 0.6) is 0 Å². The van der Waals surface area contributed by atoms with E-state index in [0.717, 1.165) is 0 Å². The summed E-state index contributed by atoms with van der Waals surface area (Å²) in [5.74, 6) is -0.954. The molecule has 0 radical (unpaired) electrons. The van der Waals surface area contributed by atoms with Gasteiger partial charge >= 0.3 is 0 Å². The Morgan fingerprint density at radius 3 is 2.48 bits per heavy atom. The average molecular weight is 437 g/mol. The normalized spacial score (nSPS) is 10.6. The number of hydrogen-bond acceptors (Lipinski definition) is 4. The molecule has 1 N–H and O–H groups in total. The number of anilines is 1. The van der Waals surface area contributed by atoms with Crippen LogP contribution in [0.3, 0.4) is 0 Å². The lowest BCUT2D eigenvalue weighted by Crippen LogP contribution is -2.17. The number of hydrogen-bond donors (Lipinski definition) is 1. The highest BCUT2D eigenvalue weighted by Crippen LogP contribution is 2.29. The van der Waals surface area contributed by atoms with E-state index in [4.69, 9.17) is 11.6 Å². The Kier molecular flexibility index (Phi) is 5.46. The van der Waals surface area contributed by atoms with E-state index >= 15 is 0 Å². The predicted octanol–water partition coefficient (Wildman–Crippen LogP) is 5.49. The van der Waals surface area contributed by atoms with Crippen molar-refractivity contribution in [1.82, 2.24) is 9.78 Å². The summed E-state index contributed by atoms with van der Waals surface area (Å²) in [6.07, 6.45) is 0. The zero-order valence-corrected chi connectivity index (χ0v) is 16.6. The number of non-ortho nitro benzene ring substituents is 1. The summed E-state index contributed by atoms with van der Waals surface area (Å²) in [6, 6.07) is 19.6. The van der Waals surface area contributed by atoms with Crippen LogP contribution < -0.4 is 5.32 Å². The Morgan fingerprint density at radius 1 is 1.03 bits per heavy atom. The molecule has 0 saturated carbocycles. The highest BCUT2D eigenvalue weighted by molar-refractivity contribution is 6.33. The molecule has 3 aromatic carbocycles. The molecule has 0 aliphatic rings. The zero-order valence-electron chi connectivity index (χ0n) is 15.8. The second kappa shape index (κ2) is 8.37. The van der Waals surface area contributed by atoms with Gasteiger partial charge in [-0.2, -0.15) is 5.10 Å². The van der Waals surface area contributed by atoms with Gasteiger partial charge in [0.15, 0.2) is 0 Å². The van der Waals surface area contributed by atoms with Crippen molar-refractivity contribution in [1.29, 1.82) is 0 Å². The number of halogens is 2. The highest BCUT2D eigenvalue weighted by Gasteiger charge is 2.20. The van der Waals surface area contributed by atoms with Gasteiger partial charge in [-0.3, -0.25) is 14.9 Å². The summed E-state index contributed by atoms with van der Waals surface area (Å²) in [5, 5.41) is 18.8. The van der Waals surface area contributed by atoms with E-state index in [-0.39, 0.29) is 11.4 Å². The Morgan fingerprint density at radius 2 is 1.77 bits per heavy atom. The van der Waals surface area contributed by atoms with Gasteiger partial charge in [0, 0.05) is 23.4 Å². The molecular weight excluding hydrogens is 423 g/mol. The van der Waals surface area contributed by atoms with Crippen LogP contribution in [0.15, 0.2) is 78.9 Å². The molecule has 0 unspecified atom stereocenters. The van der Waals surface area contributed by atoms with E-state index in [0.29, 0.717) is 27.7 Å². The van der Waals surface area contributed by atoms with Crippen molar-refractivity contribution >= 4 is 28.9 Å². The lowest BCUT2D eigenvalue weighted by atomic mass is 10.1. The van der Waals surface area contributed by atoms with E-state index in [9.17, 15) is 19.3 Å². The third kappa shape index (κ3) is 4.29. The number of nitro groups is 1. The highest BCUT2D eigenvalue weighted by atomic mass is 35.5. The Balaban J connectivity index is 1.81. The van der Waals surface area contributed by atoms with Gasteiger partial charge in [-0.05, 0) is 42.5 Å². The first kappa shape index (κ1) is 20.2. The van der Waals surface area contributed by atoms with E-state index in [1.165, 1.54) is 47.1 Å². The molecule has 0 saturated heterocycles. The van der Waals surface area contributed by atoms with Crippen LogP contribution in [0.25, 0.3) is 16.9 Å². The maximum atomic E-state index is 13.2. The van der Waals surface area contributed by atoms with Crippen molar-refractivity contribution in [2.75, 3.05) is 5.32 Å². The largest absolute Gasteiger partial charge is 0.321 e. The Bertz CT molecular complexity index is 1290. The van der Waals surface area contributed by atoms with Gasteiger partial charge in [-0.1, -0.05) is 35.9 Å². The van der Waals surface area contributed by atoms with Gasteiger partial charge in [0.05, 0.1) is 21.3 Å². The van der Waals surface area contributed by atoms with Crippen molar-refractivity contribution in [3.63, 3.8) is 0 Å². The number of carbonyl (C=O) groups is 1. The molecule has 0 atom stereocenters.